The molecule has 0 aliphatic heterocycles. The Kier molecular flexibility index (Phi) is 2.70. The van der Waals surface area contributed by atoms with Crippen LogP contribution in [0.3, 0.4) is 0 Å². The molecule has 2 rings (SSSR count). The number of esters is 1. The van der Waals surface area contributed by atoms with Gasteiger partial charge in [-0.05, 0) is 12.5 Å². The summed E-state index contributed by atoms with van der Waals surface area (Å²) in [5.41, 5.74) is -0.530. The summed E-state index contributed by atoms with van der Waals surface area (Å²) in [5, 5.41) is 19.8. The number of hydrogen-bond acceptors (Lipinski definition) is 6. The van der Waals surface area contributed by atoms with E-state index in [4.69, 9.17) is 4.42 Å². The second-order valence-corrected chi connectivity index (χ2v) is 3.73. The van der Waals surface area contributed by atoms with Gasteiger partial charge in [0.2, 0.25) is 0 Å². The summed E-state index contributed by atoms with van der Waals surface area (Å²) < 4.78 is 9.30. The van der Waals surface area contributed by atoms with Gasteiger partial charge in [-0.1, -0.05) is 0 Å². The Labute approximate surface area is 101 Å². The number of phenols is 2. The lowest BCUT2D eigenvalue weighted by Crippen LogP contribution is -2.04. The monoisotopic (exact) mass is 250 g/mol. The van der Waals surface area contributed by atoms with Gasteiger partial charge in [0.1, 0.15) is 22.6 Å². The summed E-state index contributed by atoms with van der Waals surface area (Å²) in [5.74, 6) is -1.86. The van der Waals surface area contributed by atoms with Crippen molar-refractivity contribution in [3.63, 3.8) is 0 Å². The van der Waals surface area contributed by atoms with Gasteiger partial charge >= 0.3 is 11.6 Å². The molecule has 6 heteroatoms. The molecule has 0 unspecified atom stereocenters. The first-order chi connectivity index (χ1) is 8.45. The number of benzene rings is 1. The molecule has 6 nitrogen and oxygen atoms in total. The Hall–Kier alpha value is -2.50. The second-order valence-electron chi connectivity index (χ2n) is 3.73. The normalized spacial score (nSPS) is 10.6. The van der Waals surface area contributed by atoms with Crippen LogP contribution in [0.25, 0.3) is 11.0 Å². The number of phenolic OH excluding ortho intramolecular Hbond substituents is 2. The third-order valence-corrected chi connectivity index (χ3v) is 2.57. The summed E-state index contributed by atoms with van der Waals surface area (Å²) in [6.45, 7) is 1.58. The molecule has 1 heterocycles. The van der Waals surface area contributed by atoms with Gasteiger partial charge in [0.15, 0.2) is 0 Å². The number of fused-ring (bicyclic) bond motifs is 1. The van der Waals surface area contributed by atoms with Gasteiger partial charge in [-0.2, -0.15) is 0 Å². The zero-order chi connectivity index (χ0) is 13.4. The number of aromatic hydroxyl groups is 2. The molecule has 2 N–H and O–H groups in total. The number of ether oxygens (including phenoxy) is 1. The lowest BCUT2D eigenvalue weighted by molar-refractivity contribution is 0.0594. The van der Waals surface area contributed by atoms with Gasteiger partial charge in [0.05, 0.1) is 12.5 Å². The molecule has 0 bridgehead atoms. The third kappa shape index (κ3) is 1.67. The van der Waals surface area contributed by atoms with E-state index in [0.717, 1.165) is 13.2 Å². The topological polar surface area (TPSA) is 97.0 Å². The maximum atomic E-state index is 11.4. The Bertz CT molecular complexity index is 698. The molecule has 1 aromatic carbocycles. The van der Waals surface area contributed by atoms with Gasteiger partial charge < -0.3 is 19.4 Å². The highest BCUT2D eigenvalue weighted by atomic mass is 16.5. The predicted molar refractivity (Wildman–Crippen MR) is 61.9 cm³/mol. The number of carbonyl (C=O) groups is 1. The SMILES string of the molecule is COC(=O)c1c(O)cc2oc(=O)cc(C)c2c1O. The third-order valence-electron chi connectivity index (χ3n) is 2.57. The van der Waals surface area contributed by atoms with Crippen molar-refractivity contribution in [2.24, 2.45) is 0 Å². The van der Waals surface area contributed by atoms with Crippen LogP contribution in [0.4, 0.5) is 0 Å². The number of rotatable bonds is 1. The fourth-order valence-electron chi connectivity index (χ4n) is 1.78. The number of aryl methyl sites for hydroxylation is 1. The van der Waals surface area contributed by atoms with Crippen LogP contribution >= 0.6 is 0 Å². The van der Waals surface area contributed by atoms with Crippen molar-refractivity contribution in [2.45, 2.75) is 6.92 Å². The van der Waals surface area contributed by atoms with Crippen LogP contribution in [-0.4, -0.2) is 23.3 Å². The van der Waals surface area contributed by atoms with Gasteiger partial charge in [-0.25, -0.2) is 9.59 Å². The highest BCUT2D eigenvalue weighted by Gasteiger charge is 2.22. The number of hydrogen-bond donors (Lipinski definition) is 2. The minimum absolute atomic E-state index is 0.00246. The first kappa shape index (κ1) is 12.0. The molecule has 1 aromatic heterocycles. The molecular weight excluding hydrogens is 240 g/mol. The molecule has 0 amide bonds. The zero-order valence-electron chi connectivity index (χ0n) is 9.68. The summed E-state index contributed by atoms with van der Waals surface area (Å²) in [7, 11) is 1.13. The Morgan fingerprint density at radius 2 is 2.00 bits per heavy atom. The predicted octanol–water partition coefficient (Wildman–Crippen LogP) is 1.30. The smallest absolute Gasteiger partial charge is 0.345 e. The van der Waals surface area contributed by atoms with Crippen molar-refractivity contribution in [1.82, 2.24) is 0 Å². The maximum Gasteiger partial charge on any atom is 0.345 e. The molecule has 0 saturated heterocycles. The number of carbonyl (C=O) groups excluding carboxylic acids is 1. The summed E-state index contributed by atoms with van der Waals surface area (Å²) in [4.78, 5) is 22.6. The molecule has 0 radical (unpaired) electrons. The minimum atomic E-state index is -0.877. The van der Waals surface area contributed by atoms with Crippen molar-refractivity contribution in [1.29, 1.82) is 0 Å². The van der Waals surface area contributed by atoms with Crippen molar-refractivity contribution in [2.75, 3.05) is 7.11 Å². The van der Waals surface area contributed by atoms with Crippen LogP contribution in [-0.2, 0) is 4.74 Å². The van der Waals surface area contributed by atoms with E-state index >= 15 is 0 Å². The second kappa shape index (κ2) is 4.06. The molecule has 0 aliphatic rings. The summed E-state index contributed by atoms with van der Waals surface area (Å²) in [6, 6.07) is 2.27. The number of methoxy groups -OCH3 is 1. The lowest BCUT2D eigenvalue weighted by atomic mass is 10.0. The standard InChI is InChI=1S/C12H10O6/c1-5-3-8(14)18-7-4-6(13)10(12(16)17-2)11(15)9(5)7/h3-4,13,15H,1-2H3. The molecule has 0 fully saturated rings. The van der Waals surface area contributed by atoms with E-state index in [0.29, 0.717) is 5.56 Å². The first-order valence-electron chi connectivity index (χ1n) is 5.03. The van der Waals surface area contributed by atoms with Crippen LogP contribution < -0.4 is 5.63 Å². The van der Waals surface area contributed by atoms with Crippen LogP contribution in [0.1, 0.15) is 15.9 Å². The summed E-state index contributed by atoms with van der Waals surface area (Å²) in [6.07, 6.45) is 0. The lowest BCUT2D eigenvalue weighted by Gasteiger charge is -2.09. The van der Waals surface area contributed by atoms with E-state index in [-0.39, 0.29) is 16.5 Å². The Morgan fingerprint density at radius 3 is 2.61 bits per heavy atom. The highest BCUT2D eigenvalue weighted by Crippen LogP contribution is 2.36. The van der Waals surface area contributed by atoms with E-state index in [9.17, 15) is 19.8 Å². The van der Waals surface area contributed by atoms with Crippen molar-refractivity contribution >= 4 is 16.9 Å². The Morgan fingerprint density at radius 1 is 1.33 bits per heavy atom. The van der Waals surface area contributed by atoms with Gasteiger partial charge in [0, 0.05) is 12.1 Å². The summed E-state index contributed by atoms with van der Waals surface area (Å²) >= 11 is 0. The van der Waals surface area contributed by atoms with Gasteiger partial charge in [-0.3, -0.25) is 0 Å². The maximum absolute atomic E-state index is 11.4. The molecule has 0 atom stereocenters. The fourth-order valence-corrected chi connectivity index (χ4v) is 1.78. The Balaban J connectivity index is 2.94. The van der Waals surface area contributed by atoms with Crippen LogP contribution in [0, 0.1) is 6.92 Å². The molecule has 0 spiro atoms. The van der Waals surface area contributed by atoms with Crippen LogP contribution in [0.2, 0.25) is 0 Å². The average Bonchev–Trinajstić information content (AvgIpc) is 2.26. The van der Waals surface area contributed by atoms with Crippen molar-refractivity contribution in [3.8, 4) is 11.5 Å². The van der Waals surface area contributed by atoms with E-state index in [1.165, 1.54) is 6.07 Å². The molecule has 0 saturated carbocycles. The van der Waals surface area contributed by atoms with E-state index in [1.807, 2.05) is 0 Å². The van der Waals surface area contributed by atoms with Gasteiger partial charge in [0.25, 0.3) is 0 Å². The molecule has 2 aromatic rings. The molecule has 18 heavy (non-hydrogen) atoms. The molecular formula is C12H10O6. The minimum Gasteiger partial charge on any atom is -0.507 e. The van der Waals surface area contributed by atoms with E-state index in [1.54, 1.807) is 6.92 Å². The van der Waals surface area contributed by atoms with E-state index < -0.39 is 23.1 Å². The average molecular weight is 250 g/mol. The fraction of sp³-hybridized carbons (Fsp3) is 0.167. The van der Waals surface area contributed by atoms with Gasteiger partial charge in [-0.15, -0.1) is 0 Å². The van der Waals surface area contributed by atoms with Crippen LogP contribution in [0.5, 0.6) is 11.5 Å². The zero-order valence-corrected chi connectivity index (χ0v) is 9.68. The van der Waals surface area contributed by atoms with E-state index in [2.05, 4.69) is 4.74 Å². The largest absolute Gasteiger partial charge is 0.507 e. The molecule has 94 valence electrons. The quantitative estimate of drug-likeness (QED) is 0.584. The van der Waals surface area contributed by atoms with Crippen LogP contribution in [0.15, 0.2) is 21.3 Å². The first-order valence-corrected chi connectivity index (χ1v) is 5.03. The highest BCUT2D eigenvalue weighted by molar-refractivity contribution is 6.03. The molecule has 0 aliphatic carbocycles. The van der Waals surface area contributed by atoms with Crippen molar-refractivity contribution < 1.29 is 24.2 Å². The van der Waals surface area contributed by atoms with Crippen molar-refractivity contribution in [3.05, 3.63) is 33.7 Å².